The van der Waals surface area contributed by atoms with E-state index in [1.165, 1.54) is 0 Å². The molecule has 0 aliphatic rings. The highest BCUT2D eigenvalue weighted by molar-refractivity contribution is 5.70. The molecule has 0 spiro atoms. The van der Waals surface area contributed by atoms with Crippen LogP contribution in [-0.4, -0.2) is 75.5 Å². The predicted molar refractivity (Wildman–Crippen MR) is 231 cm³/mol. The number of likely N-dealkylation sites (N-methyl/N-ethyl adjacent to an activating group) is 1. The molecule has 8 nitrogen and oxygen atoms in total. The van der Waals surface area contributed by atoms with Crippen molar-refractivity contribution in [2.75, 3.05) is 41.0 Å². The van der Waals surface area contributed by atoms with Crippen molar-refractivity contribution in [2.45, 2.75) is 161 Å². The lowest BCUT2D eigenvalue weighted by molar-refractivity contribution is -0.889. The standard InChI is InChI=1S/C48H79NO7/c1-6-8-10-12-14-16-18-20-21-22-23-24-25-26-27-29-31-33-35-37-39-47(51)56-44(42-54-41-40-45(48(52)53)49(3,4)5)43-55-46(50)38-36-34-32-30-28-19-17-15-13-11-9-7-2/h8-11,14-17,20-21,23-24,26-27,44-45H,6-7,12-13,18-19,22,25,28-43H2,1-5H3/b10-8+,11-9+,16-14+,17-15+,21-20+,24-23+,27-26+. The van der Waals surface area contributed by atoms with Crippen LogP contribution in [-0.2, 0) is 28.6 Å². The number of hydrogen-bond donors (Lipinski definition) is 0. The van der Waals surface area contributed by atoms with Crippen molar-refractivity contribution >= 4 is 17.9 Å². The lowest BCUT2D eigenvalue weighted by Gasteiger charge is -2.34. The molecular weight excluding hydrogens is 703 g/mol. The number of carbonyl (C=O) groups is 3. The van der Waals surface area contributed by atoms with Crippen LogP contribution in [0.25, 0.3) is 0 Å². The van der Waals surface area contributed by atoms with Gasteiger partial charge in [0.25, 0.3) is 0 Å². The molecule has 0 heterocycles. The normalized spacial score (nSPS) is 13.8. The molecule has 0 saturated heterocycles. The third-order valence-corrected chi connectivity index (χ3v) is 9.03. The van der Waals surface area contributed by atoms with Gasteiger partial charge in [-0.25, -0.2) is 0 Å². The number of nitrogens with zero attached hydrogens (tertiary/aromatic N) is 1. The number of aliphatic carboxylic acids is 1. The molecule has 2 unspecified atom stereocenters. The highest BCUT2D eigenvalue weighted by atomic mass is 16.6. The van der Waals surface area contributed by atoms with Crippen LogP contribution in [0.2, 0.25) is 0 Å². The first-order valence-electron chi connectivity index (χ1n) is 21.6. The maximum Gasteiger partial charge on any atom is 0.306 e. The minimum Gasteiger partial charge on any atom is -0.544 e. The van der Waals surface area contributed by atoms with Gasteiger partial charge in [0.2, 0.25) is 0 Å². The van der Waals surface area contributed by atoms with Crippen molar-refractivity contribution in [1.82, 2.24) is 0 Å². The number of unbranched alkanes of at least 4 members (excludes halogenated alkanes) is 9. The molecule has 0 N–H and O–H groups in total. The Morgan fingerprint density at radius 2 is 0.946 bits per heavy atom. The Labute approximate surface area is 342 Å². The molecule has 0 fully saturated rings. The average molecular weight is 782 g/mol. The number of esters is 2. The number of quaternary nitrogens is 1. The first-order chi connectivity index (χ1) is 27.1. The Bertz CT molecular complexity index is 1190. The summed E-state index contributed by atoms with van der Waals surface area (Å²) in [5.74, 6) is -1.80. The SMILES string of the molecule is CC/C=C/C/C=C/C/C=C/C/C=C/C/C=C/CCCCCCC(=O)OC(COCCC(C(=O)[O-])[N+](C)(C)C)COC(=O)CCCCCCC/C=C/C/C=C/CC. The van der Waals surface area contributed by atoms with Crippen molar-refractivity contribution < 1.29 is 38.2 Å². The van der Waals surface area contributed by atoms with Crippen LogP contribution in [0.4, 0.5) is 0 Å². The summed E-state index contributed by atoms with van der Waals surface area (Å²) in [5.41, 5.74) is 0. The highest BCUT2D eigenvalue weighted by Crippen LogP contribution is 2.12. The van der Waals surface area contributed by atoms with Crippen molar-refractivity contribution in [3.8, 4) is 0 Å². The van der Waals surface area contributed by atoms with Gasteiger partial charge in [0.15, 0.2) is 6.10 Å². The number of hydrogen-bond acceptors (Lipinski definition) is 7. The number of allylic oxidation sites excluding steroid dienone is 14. The van der Waals surface area contributed by atoms with E-state index in [4.69, 9.17) is 14.2 Å². The molecule has 0 saturated carbocycles. The van der Waals surface area contributed by atoms with Gasteiger partial charge < -0.3 is 28.6 Å². The highest BCUT2D eigenvalue weighted by Gasteiger charge is 2.25. The van der Waals surface area contributed by atoms with Crippen LogP contribution in [0.5, 0.6) is 0 Å². The summed E-state index contributed by atoms with van der Waals surface area (Å²) in [5, 5.41) is 11.6. The molecule has 0 aromatic heterocycles. The molecule has 0 amide bonds. The summed E-state index contributed by atoms with van der Waals surface area (Å²) in [6.45, 7) is 4.37. The minimum atomic E-state index is -1.14. The second-order valence-electron chi connectivity index (χ2n) is 15.2. The van der Waals surface area contributed by atoms with Crippen LogP contribution in [0.3, 0.4) is 0 Å². The van der Waals surface area contributed by atoms with E-state index < -0.39 is 18.1 Å². The molecule has 8 heteroatoms. The van der Waals surface area contributed by atoms with Crippen LogP contribution in [0.1, 0.15) is 149 Å². The Morgan fingerprint density at radius 3 is 1.39 bits per heavy atom. The lowest BCUT2D eigenvalue weighted by atomic mass is 10.1. The van der Waals surface area contributed by atoms with Gasteiger partial charge in [0, 0.05) is 19.3 Å². The summed E-state index contributed by atoms with van der Waals surface area (Å²) in [4.78, 5) is 36.8. The van der Waals surface area contributed by atoms with E-state index >= 15 is 0 Å². The number of carboxylic acids is 1. The second-order valence-corrected chi connectivity index (χ2v) is 15.2. The molecule has 318 valence electrons. The van der Waals surface area contributed by atoms with E-state index in [-0.39, 0.29) is 49.1 Å². The third kappa shape index (κ3) is 36.2. The van der Waals surface area contributed by atoms with Crippen LogP contribution in [0.15, 0.2) is 85.1 Å². The van der Waals surface area contributed by atoms with Gasteiger partial charge in [-0.05, 0) is 83.5 Å². The monoisotopic (exact) mass is 782 g/mol. The first kappa shape index (κ1) is 52.5. The van der Waals surface area contributed by atoms with Gasteiger partial charge in [0.05, 0.1) is 40.3 Å². The number of carboxylic acid groups (broad SMARTS) is 1. The summed E-state index contributed by atoms with van der Waals surface area (Å²) in [7, 11) is 5.38. The average Bonchev–Trinajstić information content (AvgIpc) is 3.15. The number of rotatable bonds is 37. The van der Waals surface area contributed by atoms with Crippen LogP contribution in [0, 0.1) is 0 Å². The fraction of sp³-hybridized carbons (Fsp3) is 0.646. The van der Waals surface area contributed by atoms with E-state index in [9.17, 15) is 19.5 Å². The van der Waals surface area contributed by atoms with Crippen molar-refractivity contribution in [2.24, 2.45) is 0 Å². The quantitative estimate of drug-likeness (QED) is 0.0268. The van der Waals surface area contributed by atoms with Crippen LogP contribution >= 0.6 is 0 Å². The molecule has 0 aliphatic carbocycles. The molecule has 2 atom stereocenters. The van der Waals surface area contributed by atoms with E-state index in [1.54, 1.807) is 21.1 Å². The number of carbonyl (C=O) groups excluding carboxylic acids is 3. The summed E-state index contributed by atoms with van der Waals surface area (Å²) in [6, 6.07) is -0.737. The smallest absolute Gasteiger partial charge is 0.306 e. The largest absolute Gasteiger partial charge is 0.544 e. The number of ether oxygens (including phenoxy) is 3. The zero-order valence-corrected chi connectivity index (χ0v) is 36.0. The minimum absolute atomic E-state index is 0.0204. The third-order valence-electron chi connectivity index (χ3n) is 9.03. The summed E-state index contributed by atoms with van der Waals surface area (Å²) < 4.78 is 17.1. The van der Waals surface area contributed by atoms with Gasteiger partial charge in [0.1, 0.15) is 12.6 Å². The van der Waals surface area contributed by atoms with E-state index in [2.05, 4.69) is 98.9 Å². The maximum atomic E-state index is 12.7. The van der Waals surface area contributed by atoms with Crippen molar-refractivity contribution in [3.63, 3.8) is 0 Å². The molecule has 0 bridgehead atoms. The zero-order valence-electron chi connectivity index (χ0n) is 36.0. The van der Waals surface area contributed by atoms with Gasteiger partial charge in [-0.15, -0.1) is 0 Å². The zero-order chi connectivity index (χ0) is 41.4. The Kier molecular flexibility index (Phi) is 36.0. The van der Waals surface area contributed by atoms with E-state index in [0.29, 0.717) is 6.42 Å². The van der Waals surface area contributed by atoms with Gasteiger partial charge in [-0.3, -0.25) is 9.59 Å². The lowest BCUT2D eigenvalue weighted by Crippen LogP contribution is -2.55. The molecule has 0 radical (unpaired) electrons. The predicted octanol–water partition coefficient (Wildman–Crippen LogP) is 10.4. The molecule has 0 aromatic rings. The van der Waals surface area contributed by atoms with Gasteiger partial charge in [-0.2, -0.15) is 0 Å². The summed E-state index contributed by atoms with van der Waals surface area (Å²) >= 11 is 0. The Balaban J connectivity index is 4.43. The molecular formula is C48H79NO7. The summed E-state index contributed by atoms with van der Waals surface area (Å²) in [6.07, 6.45) is 48.9. The van der Waals surface area contributed by atoms with Crippen molar-refractivity contribution in [1.29, 1.82) is 0 Å². The van der Waals surface area contributed by atoms with Gasteiger partial charge >= 0.3 is 11.9 Å². The molecule has 0 aliphatic heterocycles. The Hall–Kier alpha value is -3.49. The fourth-order valence-corrected chi connectivity index (χ4v) is 5.72. The first-order valence-corrected chi connectivity index (χ1v) is 21.6. The maximum absolute atomic E-state index is 12.7. The fourth-order valence-electron chi connectivity index (χ4n) is 5.72. The van der Waals surface area contributed by atoms with Crippen molar-refractivity contribution in [3.05, 3.63) is 85.1 Å². The van der Waals surface area contributed by atoms with Crippen LogP contribution < -0.4 is 5.11 Å². The molecule has 0 rings (SSSR count). The molecule has 0 aromatic carbocycles. The Morgan fingerprint density at radius 1 is 0.536 bits per heavy atom. The van der Waals surface area contributed by atoms with E-state index in [0.717, 1.165) is 116 Å². The van der Waals surface area contributed by atoms with E-state index in [1.807, 2.05) is 0 Å². The van der Waals surface area contributed by atoms with Gasteiger partial charge in [-0.1, -0.05) is 131 Å². The topological polar surface area (TPSA) is 102 Å². The molecule has 56 heavy (non-hydrogen) atoms. The second kappa shape index (κ2) is 38.4.